The molecule has 1 aliphatic rings. The number of halogens is 1. The summed E-state index contributed by atoms with van der Waals surface area (Å²) >= 11 is 0. The van der Waals surface area contributed by atoms with E-state index in [-0.39, 0.29) is 24.1 Å². The highest BCUT2D eigenvalue weighted by atomic mass is 19.1. The predicted molar refractivity (Wildman–Crippen MR) is 120 cm³/mol. The second kappa shape index (κ2) is 9.53. The summed E-state index contributed by atoms with van der Waals surface area (Å²) in [6, 6.07) is 22.8. The van der Waals surface area contributed by atoms with E-state index >= 15 is 0 Å². The van der Waals surface area contributed by atoms with Crippen LogP contribution in [-0.4, -0.2) is 49.3 Å². The molecule has 0 aliphatic carbocycles. The lowest BCUT2D eigenvalue weighted by molar-refractivity contribution is -0.117. The van der Waals surface area contributed by atoms with E-state index < -0.39 is 0 Å². The molecule has 3 aromatic carbocycles. The number of nitrogens with one attached hydrogen (secondary N) is 1. The number of carbonyl (C=O) groups excluding carboxylic acids is 2. The molecule has 6 heteroatoms. The van der Waals surface area contributed by atoms with Crippen molar-refractivity contribution in [2.24, 2.45) is 0 Å². The van der Waals surface area contributed by atoms with Gasteiger partial charge in [0.1, 0.15) is 5.82 Å². The first kappa shape index (κ1) is 20.8. The van der Waals surface area contributed by atoms with Crippen LogP contribution in [0.1, 0.15) is 15.9 Å². The lowest BCUT2D eigenvalue weighted by atomic mass is 10.0. The maximum absolute atomic E-state index is 14.0. The molecular formula is C25H24FN3O2. The van der Waals surface area contributed by atoms with Gasteiger partial charge < -0.3 is 10.2 Å². The normalized spacial score (nSPS) is 14.3. The van der Waals surface area contributed by atoms with Gasteiger partial charge in [0.2, 0.25) is 5.91 Å². The maximum atomic E-state index is 14.0. The van der Waals surface area contributed by atoms with Crippen LogP contribution in [0.3, 0.4) is 0 Å². The second-order valence-corrected chi connectivity index (χ2v) is 7.50. The Labute approximate surface area is 181 Å². The van der Waals surface area contributed by atoms with Gasteiger partial charge in [0.25, 0.3) is 0 Å². The number of para-hydroxylation sites is 2. The van der Waals surface area contributed by atoms with Crippen LogP contribution in [0.4, 0.5) is 15.8 Å². The van der Waals surface area contributed by atoms with Crippen LogP contribution in [0, 0.1) is 5.82 Å². The number of benzene rings is 3. The van der Waals surface area contributed by atoms with Gasteiger partial charge in [-0.05, 0) is 24.3 Å². The number of hydrogen-bond acceptors (Lipinski definition) is 4. The molecule has 0 aromatic heterocycles. The number of ketones is 1. The molecule has 4 rings (SSSR count). The Morgan fingerprint density at radius 3 is 2.19 bits per heavy atom. The number of anilines is 2. The average Bonchev–Trinajstić information content (AvgIpc) is 2.80. The molecule has 0 spiro atoms. The number of amides is 1. The molecule has 5 nitrogen and oxygen atoms in total. The zero-order valence-electron chi connectivity index (χ0n) is 17.1. The van der Waals surface area contributed by atoms with Gasteiger partial charge in [-0.3, -0.25) is 14.5 Å². The molecule has 0 bridgehead atoms. The number of rotatable bonds is 6. The Balaban J connectivity index is 1.36. The van der Waals surface area contributed by atoms with Gasteiger partial charge in [-0.25, -0.2) is 4.39 Å². The molecule has 1 heterocycles. The summed E-state index contributed by atoms with van der Waals surface area (Å²) in [5.41, 5.74) is 2.14. The van der Waals surface area contributed by atoms with Crippen molar-refractivity contribution in [1.29, 1.82) is 0 Å². The standard InChI is InChI=1S/C25H24FN3O2/c26-21-11-5-7-13-23(21)29-16-14-28(15-17-29)18-24(30)27-22-12-6-4-10-20(22)25(31)19-8-2-1-3-9-19/h1-13H,14-18H2,(H,27,30). The largest absolute Gasteiger partial charge is 0.367 e. The molecule has 0 saturated carbocycles. The average molecular weight is 417 g/mol. The van der Waals surface area contributed by atoms with Crippen LogP contribution >= 0.6 is 0 Å². The third-order valence-corrected chi connectivity index (χ3v) is 5.41. The van der Waals surface area contributed by atoms with Crippen molar-refractivity contribution in [2.45, 2.75) is 0 Å². The third kappa shape index (κ3) is 4.98. The zero-order chi connectivity index (χ0) is 21.6. The van der Waals surface area contributed by atoms with E-state index in [0.717, 1.165) is 0 Å². The van der Waals surface area contributed by atoms with E-state index in [4.69, 9.17) is 0 Å². The number of carbonyl (C=O) groups is 2. The Bertz CT molecular complexity index is 1060. The molecule has 3 aromatic rings. The summed E-state index contributed by atoms with van der Waals surface area (Å²) < 4.78 is 14.0. The lowest BCUT2D eigenvalue weighted by Gasteiger charge is -2.35. The first-order chi connectivity index (χ1) is 15.1. The van der Waals surface area contributed by atoms with Crippen LogP contribution < -0.4 is 10.2 Å². The van der Waals surface area contributed by atoms with Gasteiger partial charge in [-0.1, -0.05) is 54.6 Å². The summed E-state index contributed by atoms with van der Waals surface area (Å²) in [7, 11) is 0. The van der Waals surface area contributed by atoms with E-state index in [1.165, 1.54) is 6.07 Å². The van der Waals surface area contributed by atoms with Crippen molar-refractivity contribution < 1.29 is 14.0 Å². The van der Waals surface area contributed by atoms with Gasteiger partial charge in [0, 0.05) is 37.3 Å². The zero-order valence-corrected chi connectivity index (χ0v) is 17.1. The van der Waals surface area contributed by atoms with Crippen LogP contribution in [0.15, 0.2) is 78.9 Å². The third-order valence-electron chi connectivity index (χ3n) is 5.41. The molecule has 0 unspecified atom stereocenters. The molecule has 1 N–H and O–H groups in total. The molecule has 1 aliphatic heterocycles. The monoisotopic (exact) mass is 417 g/mol. The topological polar surface area (TPSA) is 52.7 Å². The smallest absolute Gasteiger partial charge is 0.238 e. The molecular weight excluding hydrogens is 393 g/mol. The van der Waals surface area contributed by atoms with E-state index in [9.17, 15) is 14.0 Å². The highest BCUT2D eigenvalue weighted by molar-refractivity contribution is 6.13. The molecule has 1 fully saturated rings. The molecule has 31 heavy (non-hydrogen) atoms. The minimum atomic E-state index is -0.228. The lowest BCUT2D eigenvalue weighted by Crippen LogP contribution is -2.49. The molecule has 1 amide bonds. The Morgan fingerprint density at radius 1 is 0.806 bits per heavy atom. The van der Waals surface area contributed by atoms with E-state index in [1.807, 2.05) is 34.1 Å². The summed E-state index contributed by atoms with van der Waals surface area (Å²) in [6.07, 6.45) is 0. The van der Waals surface area contributed by atoms with Crippen molar-refractivity contribution in [1.82, 2.24) is 4.90 Å². The van der Waals surface area contributed by atoms with Gasteiger partial charge in [0.15, 0.2) is 5.78 Å². The number of nitrogens with zero attached hydrogens (tertiary/aromatic N) is 2. The van der Waals surface area contributed by atoms with Gasteiger partial charge >= 0.3 is 0 Å². The molecule has 0 radical (unpaired) electrons. The molecule has 1 saturated heterocycles. The van der Waals surface area contributed by atoms with Crippen molar-refractivity contribution in [3.8, 4) is 0 Å². The Kier molecular flexibility index (Phi) is 6.38. The van der Waals surface area contributed by atoms with E-state index in [1.54, 1.807) is 48.5 Å². The van der Waals surface area contributed by atoms with Crippen molar-refractivity contribution >= 4 is 23.1 Å². The Morgan fingerprint density at radius 2 is 1.45 bits per heavy atom. The second-order valence-electron chi connectivity index (χ2n) is 7.50. The Hall–Kier alpha value is -3.51. The highest BCUT2D eigenvalue weighted by Gasteiger charge is 2.21. The summed E-state index contributed by atoms with van der Waals surface area (Å²) in [6.45, 7) is 2.84. The van der Waals surface area contributed by atoms with Crippen molar-refractivity contribution in [2.75, 3.05) is 42.9 Å². The van der Waals surface area contributed by atoms with Gasteiger partial charge in [-0.2, -0.15) is 0 Å². The summed E-state index contributed by atoms with van der Waals surface area (Å²) in [5, 5.41) is 2.89. The summed E-state index contributed by atoms with van der Waals surface area (Å²) in [4.78, 5) is 29.5. The van der Waals surface area contributed by atoms with Crippen molar-refractivity contribution in [3.63, 3.8) is 0 Å². The fraction of sp³-hybridized carbons (Fsp3) is 0.200. The maximum Gasteiger partial charge on any atom is 0.238 e. The van der Waals surface area contributed by atoms with Crippen molar-refractivity contribution in [3.05, 3.63) is 95.8 Å². The van der Waals surface area contributed by atoms with Gasteiger partial charge in [0.05, 0.1) is 17.9 Å². The predicted octanol–water partition coefficient (Wildman–Crippen LogP) is 3.82. The fourth-order valence-corrected chi connectivity index (χ4v) is 3.78. The highest BCUT2D eigenvalue weighted by Crippen LogP contribution is 2.21. The first-order valence-electron chi connectivity index (χ1n) is 10.3. The van der Waals surface area contributed by atoms with Crippen LogP contribution in [-0.2, 0) is 4.79 Å². The van der Waals surface area contributed by atoms with Gasteiger partial charge in [-0.15, -0.1) is 0 Å². The first-order valence-corrected chi connectivity index (χ1v) is 10.3. The van der Waals surface area contributed by atoms with Crippen LogP contribution in [0.5, 0.6) is 0 Å². The quantitative estimate of drug-likeness (QED) is 0.620. The molecule has 158 valence electrons. The SMILES string of the molecule is O=C(CN1CCN(c2ccccc2F)CC1)Nc1ccccc1C(=O)c1ccccc1. The minimum absolute atomic E-state index is 0.130. The summed E-state index contributed by atoms with van der Waals surface area (Å²) in [5.74, 6) is -0.531. The van der Waals surface area contributed by atoms with E-state index in [2.05, 4.69) is 5.32 Å². The van der Waals surface area contributed by atoms with E-state index in [0.29, 0.717) is 48.7 Å². The fourth-order valence-electron chi connectivity index (χ4n) is 3.78. The minimum Gasteiger partial charge on any atom is -0.367 e. The number of piperazine rings is 1. The van der Waals surface area contributed by atoms with Crippen LogP contribution in [0.25, 0.3) is 0 Å². The van der Waals surface area contributed by atoms with Crippen LogP contribution in [0.2, 0.25) is 0 Å². The molecule has 0 atom stereocenters. The number of hydrogen-bond donors (Lipinski definition) is 1.